The van der Waals surface area contributed by atoms with E-state index in [1.807, 2.05) is 54.6 Å². The van der Waals surface area contributed by atoms with Crippen molar-refractivity contribution < 1.29 is 9.53 Å². The highest BCUT2D eigenvalue weighted by Gasteiger charge is 2.29. The fourth-order valence-corrected chi connectivity index (χ4v) is 2.30. The highest BCUT2D eigenvalue weighted by Crippen LogP contribution is 2.23. The van der Waals surface area contributed by atoms with E-state index in [1.54, 1.807) is 4.90 Å². The maximum Gasteiger partial charge on any atom is 0.258 e. The van der Waals surface area contributed by atoms with Gasteiger partial charge in [-0.2, -0.15) is 0 Å². The van der Waals surface area contributed by atoms with E-state index in [-0.39, 0.29) is 12.0 Å². The third-order valence-electron chi connectivity index (χ3n) is 3.19. The molecule has 0 aromatic heterocycles. The first kappa shape index (κ1) is 13.3. The van der Waals surface area contributed by atoms with Crippen molar-refractivity contribution in [2.24, 2.45) is 0 Å². The number of amides is 1. The number of ether oxygens (including phenoxy) is 1. The largest absolute Gasteiger partial charge is 0.371 e. The van der Waals surface area contributed by atoms with Gasteiger partial charge in [0.1, 0.15) is 0 Å². The molecule has 0 radical (unpaired) electrons. The van der Waals surface area contributed by atoms with Crippen molar-refractivity contribution in [3.63, 3.8) is 0 Å². The minimum Gasteiger partial charge on any atom is -0.371 e. The van der Waals surface area contributed by atoms with Gasteiger partial charge in [-0.3, -0.25) is 4.79 Å². The summed E-state index contributed by atoms with van der Waals surface area (Å²) in [5.41, 5.74) is 1.58. The predicted molar refractivity (Wildman–Crippen MR) is 82.0 cm³/mol. The molecule has 1 heterocycles. The van der Waals surface area contributed by atoms with Gasteiger partial charge in [0, 0.05) is 15.7 Å². The number of carbonyl (C=O) groups is 1. The number of epoxide rings is 1. The second-order valence-corrected chi connectivity index (χ2v) is 5.63. The van der Waals surface area contributed by atoms with E-state index in [0.29, 0.717) is 12.1 Å². The Kier molecular flexibility index (Phi) is 3.85. The van der Waals surface area contributed by atoms with Crippen molar-refractivity contribution in [3.05, 3.63) is 64.6 Å². The summed E-state index contributed by atoms with van der Waals surface area (Å²) in [7, 11) is 0. The van der Waals surface area contributed by atoms with Gasteiger partial charge in [0.05, 0.1) is 19.3 Å². The van der Waals surface area contributed by atoms with Crippen LogP contribution in [0.2, 0.25) is 0 Å². The second-order valence-electron chi connectivity index (χ2n) is 4.71. The fraction of sp³-hybridized carbons (Fsp3) is 0.188. The highest BCUT2D eigenvalue weighted by molar-refractivity contribution is 9.10. The van der Waals surface area contributed by atoms with Gasteiger partial charge < -0.3 is 9.64 Å². The molecule has 1 aliphatic heterocycles. The second kappa shape index (κ2) is 5.77. The van der Waals surface area contributed by atoms with Crippen LogP contribution >= 0.6 is 15.9 Å². The SMILES string of the molecule is O=C(c1ccccc1)N(CC1CO1)c1ccc(Br)cc1. The normalized spacial score (nSPS) is 16.8. The van der Waals surface area contributed by atoms with Crippen LogP contribution in [0.3, 0.4) is 0 Å². The summed E-state index contributed by atoms with van der Waals surface area (Å²) in [5, 5.41) is 0. The number of carbonyl (C=O) groups excluding carboxylic acids is 1. The molecule has 2 aromatic carbocycles. The van der Waals surface area contributed by atoms with Gasteiger partial charge in [-0.15, -0.1) is 0 Å². The van der Waals surface area contributed by atoms with Crippen LogP contribution < -0.4 is 4.90 Å². The molecule has 4 heteroatoms. The van der Waals surface area contributed by atoms with Gasteiger partial charge in [-0.25, -0.2) is 0 Å². The van der Waals surface area contributed by atoms with Crippen molar-refractivity contribution in [3.8, 4) is 0 Å². The van der Waals surface area contributed by atoms with Crippen LogP contribution in [0.1, 0.15) is 10.4 Å². The number of halogens is 1. The van der Waals surface area contributed by atoms with Crippen LogP contribution in [-0.4, -0.2) is 25.2 Å². The summed E-state index contributed by atoms with van der Waals surface area (Å²) in [6.07, 6.45) is 0.159. The zero-order valence-corrected chi connectivity index (χ0v) is 12.4. The maximum absolute atomic E-state index is 12.7. The van der Waals surface area contributed by atoms with Gasteiger partial charge in [-0.1, -0.05) is 34.1 Å². The maximum atomic E-state index is 12.7. The molecule has 1 atom stereocenters. The fourth-order valence-electron chi connectivity index (χ4n) is 2.04. The number of rotatable bonds is 4. The first-order chi connectivity index (χ1) is 9.74. The zero-order chi connectivity index (χ0) is 13.9. The average Bonchev–Trinajstić information content (AvgIpc) is 3.30. The van der Waals surface area contributed by atoms with Crippen molar-refractivity contribution in [2.45, 2.75) is 6.10 Å². The Morgan fingerprint density at radius 1 is 1.15 bits per heavy atom. The molecule has 3 rings (SSSR count). The Labute approximate surface area is 126 Å². The molecule has 1 aliphatic rings. The summed E-state index contributed by atoms with van der Waals surface area (Å²) in [6, 6.07) is 17.1. The molecular formula is C16H14BrNO2. The number of nitrogens with zero attached hydrogens (tertiary/aromatic N) is 1. The molecule has 102 valence electrons. The summed E-state index contributed by atoms with van der Waals surface area (Å²) >= 11 is 3.41. The van der Waals surface area contributed by atoms with Crippen LogP contribution in [0.25, 0.3) is 0 Å². The smallest absolute Gasteiger partial charge is 0.258 e. The number of anilines is 1. The highest BCUT2D eigenvalue weighted by atomic mass is 79.9. The number of benzene rings is 2. The summed E-state index contributed by atoms with van der Waals surface area (Å²) in [5.74, 6) is 0.00317. The molecule has 20 heavy (non-hydrogen) atoms. The van der Waals surface area contributed by atoms with E-state index >= 15 is 0 Å². The number of hydrogen-bond donors (Lipinski definition) is 0. The van der Waals surface area contributed by atoms with Crippen molar-refractivity contribution >= 4 is 27.5 Å². The summed E-state index contributed by atoms with van der Waals surface area (Å²) in [6.45, 7) is 1.32. The van der Waals surface area contributed by atoms with Crippen molar-refractivity contribution in [1.29, 1.82) is 0 Å². The first-order valence-corrected chi connectivity index (χ1v) is 7.27. The minimum absolute atomic E-state index is 0.00317. The molecule has 0 saturated carbocycles. The molecule has 1 fully saturated rings. The zero-order valence-electron chi connectivity index (χ0n) is 10.8. The molecule has 0 N–H and O–H groups in total. The van der Waals surface area contributed by atoms with Gasteiger partial charge in [0.15, 0.2) is 0 Å². The molecular weight excluding hydrogens is 318 g/mol. The molecule has 1 amide bonds. The molecule has 3 nitrogen and oxygen atoms in total. The average molecular weight is 332 g/mol. The monoisotopic (exact) mass is 331 g/mol. The van der Waals surface area contributed by atoms with Gasteiger partial charge in [-0.05, 0) is 36.4 Å². The van der Waals surface area contributed by atoms with Crippen LogP contribution in [0, 0.1) is 0 Å². The van der Waals surface area contributed by atoms with Crippen molar-refractivity contribution in [2.75, 3.05) is 18.1 Å². The molecule has 1 saturated heterocycles. The van der Waals surface area contributed by atoms with E-state index in [9.17, 15) is 4.79 Å². The van der Waals surface area contributed by atoms with Crippen molar-refractivity contribution in [1.82, 2.24) is 0 Å². The molecule has 2 aromatic rings. The lowest BCUT2D eigenvalue weighted by Gasteiger charge is -2.22. The lowest BCUT2D eigenvalue weighted by atomic mass is 10.1. The Balaban J connectivity index is 1.89. The van der Waals surface area contributed by atoms with E-state index in [2.05, 4.69) is 15.9 Å². The standard InChI is InChI=1S/C16H14BrNO2/c17-13-6-8-14(9-7-13)18(10-15-11-20-15)16(19)12-4-2-1-3-5-12/h1-9,15H,10-11H2. The van der Waals surface area contributed by atoms with Gasteiger partial charge in [0.25, 0.3) is 5.91 Å². The molecule has 0 bridgehead atoms. The van der Waals surface area contributed by atoms with E-state index < -0.39 is 0 Å². The topological polar surface area (TPSA) is 32.8 Å². The third kappa shape index (κ3) is 3.08. The Morgan fingerprint density at radius 2 is 1.80 bits per heavy atom. The third-order valence-corrected chi connectivity index (χ3v) is 3.72. The van der Waals surface area contributed by atoms with Crippen LogP contribution in [0.4, 0.5) is 5.69 Å². The predicted octanol–water partition coefficient (Wildman–Crippen LogP) is 3.49. The van der Waals surface area contributed by atoms with Crippen LogP contribution in [0.5, 0.6) is 0 Å². The van der Waals surface area contributed by atoms with E-state index in [0.717, 1.165) is 16.8 Å². The Bertz CT molecular complexity index is 594. The van der Waals surface area contributed by atoms with E-state index in [4.69, 9.17) is 4.74 Å². The quantitative estimate of drug-likeness (QED) is 0.803. The minimum atomic E-state index is 0.00317. The lowest BCUT2D eigenvalue weighted by Crippen LogP contribution is -2.34. The Hall–Kier alpha value is -1.65. The summed E-state index contributed by atoms with van der Waals surface area (Å²) in [4.78, 5) is 14.4. The van der Waals surface area contributed by atoms with Gasteiger partial charge in [0.2, 0.25) is 0 Å². The molecule has 0 spiro atoms. The summed E-state index contributed by atoms with van der Waals surface area (Å²) < 4.78 is 6.26. The van der Waals surface area contributed by atoms with Crippen LogP contribution in [0.15, 0.2) is 59.1 Å². The first-order valence-electron chi connectivity index (χ1n) is 6.48. The van der Waals surface area contributed by atoms with Crippen LogP contribution in [-0.2, 0) is 4.74 Å². The lowest BCUT2D eigenvalue weighted by molar-refractivity contribution is 0.0984. The van der Waals surface area contributed by atoms with Gasteiger partial charge >= 0.3 is 0 Å². The van der Waals surface area contributed by atoms with E-state index in [1.165, 1.54) is 0 Å². The number of hydrogen-bond acceptors (Lipinski definition) is 2. The Morgan fingerprint density at radius 3 is 2.40 bits per heavy atom. The molecule has 0 aliphatic carbocycles. The molecule has 1 unspecified atom stereocenters.